The van der Waals surface area contributed by atoms with Crippen molar-refractivity contribution in [2.45, 2.75) is 0 Å². The van der Waals surface area contributed by atoms with E-state index in [1.165, 1.54) is 10.8 Å². The van der Waals surface area contributed by atoms with E-state index in [4.69, 9.17) is 0 Å². The monoisotopic (exact) mass is 219 g/mol. The quantitative estimate of drug-likeness (QED) is 0.493. The van der Waals surface area contributed by atoms with Gasteiger partial charge >= 0.3 is 0 Å². The van der Waals surface area contributed by atoms with Gasteiger partial charge in [-0.25, -0.2) is 4.98 Å². The first-order valence-corrected chi connectivity index (χ1v) is 5.54. The molecule has 17 heavy (non-hydrogen) atoms. The standard InChI is InChI=1S/C14H9N3/c1-2-4-11-9(3-1)10-5-6-12-14(13(10)17-11)16-8-7-15-12/h1-8,16H. The smallest absolute Gasteiger partial charge is 0.0973 e. The minimum atomic E-state index is 0.947. The van der Waals surface area contributed by atoms with E-state index < -0.39 is 0 Å². The molecule has 80 valence electrons. The summed E-state index contributed by atoms with van der Waals surface area (Å²) in [5.74, 6) is 0. The van der Waals surface area contributed by atoms with Crippen molar-refractivity contribution in [2.24, 2.45) is 0 Å². The van der Waals surface area contributed by atoms with Gasteiger partial charge in [-0.05, 0) is 18.2 Å². The predicted octanol–water partition coefficient (Wildman–Crippen LogP) is 3.26. The molecule has 0 aliphatic carbocycles. The highest BCUT2D eigenvalue weighted by atomic mass is 14.8. The van der Waals surface area contributed by atoms with Crippen LogP contribution in [0.25, 0.3) is 32.8 Å². The van der Waals surface area contributed by atoms with Crippen molar-refractivity contribution < 1.29 is 0 Å². The van der Waals surface area contributed by atoms with Crippen LogP contribution in [0.15, 0.2) is 48.8 Å². The van der Waals surface area contributed by atoms with Crippen molar-refractivity contribution in [1.29, 1.82) is 0 Å². The van der Waals surface area contributed by atoms with Gasteiger partial charge in [-0.15, -0.1) is 0 Å². The van der Waals surface area contributed by atoms with Crippen molar-refractivity contribution in [1.82, 2.24) is 15.0 Å². The van der Waals surface area contributed by atoms with Crippen molar-refractivity contribution in [3.63, 3.8) is 0 Å². The number of nitrogens with zero attached hydrogens (tertiary/aromatic N) is 2. The Labute approximate surface area is 97.1 Å². The summed E-state index contributed by atoms with van der Waals surface area (Å²) in [5, 5.41) is 2.37. The number of benzene rings is 2. The fourth-order valence-electron chi connectivity index (χ4n) is 2.32. The molecule has 2 aromatic carbocycles. The Morgan fingerprint density at radius 3 is 2.82 bits per heavy atom. The van der Waals surface area contributed by atoms with Crippen LogP contribution in [0.4, 0.5) is 0 Å². The zero-order chi connectivity index (χ0) is 11.2. The highest BCUT2D eigenvalue weighted by Gasteiger charge is 2.08. The zero-order valence-electron chi connectivity index (χ0n) is 9.01. The summed E-state index contributed by atoms with van der Waals surface area (Å²) in [5.41, 5.74) is 3.98. The minimum Gasteiger partial charge on any atom is -0.357 e. The van der Waals surface area contributed by atoms with Gasteiger partial charge in [0, 0.05) is 23.2 Å². The number of rotatable bonds is 0. The summed E-state index contributed by atoms with van der Waals surface area (Å²) in [6.07, 6.45) is 3.60. The van der Waals surface area contributed by atoms with E-state index in [0.717, 1.165) is 22.1 Å². The number of fused-ring (bicyclic) bond motifs is 5. The molecular weight excluding hydrogens is 210 g/mol. The second kappa shape index (κ2) is 3.04. The van der Waals surface area contributed by atoms with E-state index in [-0.39, 0.29) is 0 Å². The highest BCUT2D eigenvalue weighted by molar-refractivity contribution is 6.15. The van der Waals surface area contributed by atoms with Gasteiger partial charge in [0.25, 0.3) is 0 Å². The summed E-state index contributed by atoms with van der Waals surface area (Å²) in [4.78, 5) is 12.2. The lowest BCUT2D eigenvalue weighted by Crippen LogP contribution is -1.82. The predicted molar refractivity (Wildman–Crippen MR) is 68.9 cm³/mol. The lowest BCUT2D eigenvalue weighted by Gasteiger charge is -1.97. The first-order chi connectivity index (χ1) is 8.43. The molecular formula is C14H9N3. The molecule has 0 amide bonds. The molecule has 3 nitrogen and oxygen atoms in total. The molecule has 0 fully saturated rings. The Hall–Kier alpha value is -2.42. The lowest BCUT2D eigenvalue weighted by molar-refractivity contribution is 1.30. The average molecular weight is 219 g/mol. The van der Waals surface area contributed by atoms with Gasteiger partial charge < -0.3 is 4.98 Å². The molecule has 0 unspecified atom stereocenters. The Balaban J connectivity index is 2.34. The van der Waals surface area contributed by atoms with Crippen LogP contribution in [0.1, 0.15) is 0 Å². The summed E-state index contributed by atoms with van der Waals surface area (Å²) in [7, 11) is 0. The van der Waals surface area contributed by atoms with Crippen LogP contribution in [-0.4, -0.2) is 15.0 Å². The molecule has 0 bridgehead atoms. The third-order valence-electron chi connectivity index (χ3n) is 3.10. The number of aromatic amines is 1. The van der Waals surface area contributed by atoms with Crippen LogP contribution >= 0.6 is 0 Å². The number of para-hydroxylation sites is 1. The lowest BCUT2D eigenvalue weighted by atomic mass is 10.1. The van der Waals surface area contributed by atoms with Crippen LogP contribution in [0.2, 0.25) is 0 Å². The van der Waals surface area contributed by atoms with Crippen LogP contribution in [-0.2, 0) is 0 Å². The van der Waals surface area contributed by atoms with Gasteiger partial charge in [0.15, 0.2) is 0 Å². The highest BCUT2D eigenvalue weighted by Crippen LogP contribution is 2.28. The molecule has 0 atom stereocenters. The molecule has 0 radical (unpaired) electrons. The minimum absolute atomic E-state index is 0.947. The van der Waals surface area contributed by atoms with Gasteiger partial charge in [-0.3, -0.25) is 4.98 Å². The maximum atomic E-state index is 4.67. The van der Waals surface area contributed by atoms with Gasteiger partial charge in [0.2, 0.25) is 0 Å². The van der Waals surface area contributed by atoms with Gasteiger partial charge in [0.1, 0.15) is 0 Å². The number of hydrogen-bond donors (Lipinski definition) is 1. The second-order valence-electron chi connectivity index (χ2n) is 4.07. The van der Waals surface area contributed by atoms with E-state index in [1.54, 1.807) is 6.20 Å². The summed E-state index contributed by atoms with van der Waals surface area (Å²) in [6.45, 7) is 0. The van der Waals surface area contributed by atoms with E-state index in [2.05, 4.69) is 27.1 Å². The fourth-order valence-corrected chi connectivity index (χ4v) is 2.32. The molecule has 0 saturated carbocycles. The first kappa shape index (κ1) is 8.70. The fraction of sp³-hybridized carbons (Fsp3) is 0. The molecule has 4 aromatic rings. The van der Waals surface area contributed by atoms with E-state index in [9.17, 15) is 0 Å². The molecule has 2 aromatic heterocycles. The molecule has 3 heteroatoms. The third kappa shape index (κ3) is 1.11. The normalized spacial score (nSPS) is 11.5. The van der Waals surface area contributed by atoms with Crippen molar-refractivity contribution in [3.05, 3.63) is 48.8 Å². The molecule has 0 aliphatic rings. The Bertz CT molecular complexity index is 846. The SMILES string of the molecule is c1ccc2c(c1)nc1c2ccc2ncc[nH]c21. The summed E-state index contributed by atoms with van der Waals surface area (Å²) < 4.78 is 0. The molecule has 0 aliphatic heterocycles. The van der Waals surface area contributed by atoms with Crippen molar-refractivity contribution in [3.8, 4) is 0 Å². The molecule has 2 heterocycles. The van der Waals surface area contributed by atoms with Gasteiger partial charge in [0.05, 0.1) is 22.1 Å². The number of H-pyrrole nitrogens is 1. The third-order valence-corrected chi connectivity index (χ3v) is 3.10. The Kier molecular flexibility index (Phi) is 1.56. The Morgan fingerprint density at radius 1 is 0.882 bits per heavy atom. The van der Waals surface area contributed by atoms with E-state index >= 15 is 0 Å². The van der Waals surface area contributed by atoms with Gasteiger partial charge in [-0.1, -0.05) is 18.2 Å². The van der Waals surface area contributed by atoms with E-state index in [0.29, 0.717) is 0 Å². The topological polar surface area (TPSA) is 41.6 Å². The summed E-state index contributed by atoms with van der Waals surface area (Å²) in [6, 6.07) is 12.3. The molecule has 1 N–H and O–H groups in total. The molecule has 0 spiro atoms. The van der Waals surface area contributed by atoms with Crippen LogP contribution in [0.5, 0.6) is 0 Å². The first-order valence-electron chi connectivity index (χ1n) is 5.54. The van der Waals surface area contributed by atoms with Crippen molar-refractivity contribution in [2.75, 3.05) is 0 Å². The number of hydrogen-bond acceptors (Lipinski definition) is 2. The average Bonchev–Trinajstić information content (AvgIpc) is 2.78. The maximum absolute atomic E-state index is 4.67. The van der Waals surface area contributed by atoms with Crippen molar-refractivity contribution >= 4 is 32.8 Å². The van der Waals surface area contributed by atoms with Crippen LogP contribution in [0.3, 0.4) is 0 Å². The number of aromatic nitrogens is 3. The largest absolute Gasteiger partial charge is 0.357 e. The van der Waals surface area contributed by atoms with Crippen LogP contribution < -0.4 is 0 Å². The van der Waals surface area contributed by atoms with E-state index in [1.807, 2.05) is 30.5 Å². The second-order valence-corrected chi connectivity index (χ2v) is 4.07. The maximum Gasteiger partial charge on any atom is 0.0973 e. The molecule has 4 rings (SSSR count). The van der Waals surface area contributed by atoms with Crippen LogP contribution in [0, 0.1) is 0 Å². The van der Waals surface area contributed by atoms with Gasteiger partial charge in [-0.2, -0.15) is 0 Å². The molecule has 0 saturated heterocycles. The summed E-state index contributed by atoms with van der Waals surface area (Å²) >= 11 is 0. The zero-order valence-corrected chi connectivity index (χ0v) is 9.01. The number of nitrogens with one attached hydrogen (secondary N) is 1. The Morgan fingerprint density at radius 2 is 1.82 bits per heavy atom.